The first-order chi connectivity index (χ1) is 29.0. The van der Waals surface area contributed by atoms with E-state index in [1.165, 1.54) is 21.9 Å². The van der Waals surface area contributed by atoms with Gasteiger partial charge in [-0.25, -0.2) is 9.97 Å². The van der Waals surface area contributed by atoms with Gasteiger partial charge in [0.1, 0.15) is 0 Å². The minimum atomic E-state index is 0.0468. The van der Waals surface area contributed by atoms with E-state index in [1.807, 2.05) is 0 Å². The van der Waals surface area contributed by atoms with Crippen molar-refractivity contribution in [3.05, 3.63) is 193 Å². The van der Waals surface area contributed by atoms with Crippen LogP contribution >= 0.6 is 0 Å². The number of aromatic nitrogens is 2. The molecule has 0 saturated heterocycles. The molecule has 0 unspecified atom stereocenters. The first-order valence-corrected chi connectivity index (χ1v) is 21.1. The Morgan fingerprint density at radius 2 is 0.667 bits per heavy atom. The fourth-order valence-electron chi connectivity index (χ4n) is 8.85. The Balaban J connectivity index is 1.37. The van der Waals surface area contributed by atoms with Gasteiger partial charge in [0.2, 0.25) is 0 Å². The highest BCUT2D eigenvalue weighted by Gasteiger charge is 2.24. The molecule has 0 amide bonds. The number of rotatable bonds is 5. The van der Waals surface area contributed by atoms with Gasteiger partial charge in [0.15, 0.2) is 0 Å². The van der Waals surface area contributed by atoms with Gasteiger partial charge in [0.05, 0.1) is 22.4 Å². The van der Waals surface area contributed by atoms with Crippen molar-refractivity contribution in [1.82, 2.24) is 9.97 Å². The average molecular weight is 773 g/mol. The summed E-state index contributed by atoms with van der Waals surface area (Å²) in [6.07, 6.45) is 0. The molecule has 2 nitrogen and oxygen atoms in total. The Hall–Kier alpha value is -6.90. The highest BCUT2D eigenvalue weighted by Crippen LogP contribution is 2.47. The van der Waals surface area contributed by atoms with E-state index < -0.39 is 0 Å². The zero-order valence-electron chi connectivity index (χ0n) is 35.2. The zero-order valence-corrected chi connectivity index (χ0v) is 35.2. The quantitative estimate of drug-likeness (QED) is 0.163. The van der Waals surface area contributed by atoms with E-state index in [2.05, 4.69) is 224 Å². The molecule has 0 bridgehead atoms. The van der Waals surface area contributed by atoms with Crippen LogP contribution in [0.2, 0.25) is 0 Å². The van der Waals surface area contributed by atoms with Crippen LogP contribution < -0.4 is 0 Å². The molecule has 0 aliphatic rings. The zero-order chi connectivity index (χ0) is 41.2. The van der Waals surface area contributed by atoms with Crippen LogP contribution in [0.15, 0.2) is 182 Å². The molecule has 0 spiro atoms. The van der Waals surface area contributed by atoms with Crippen molar-refractivity contribution >= 4 is 43.4 Å². The van der Waals surface area contributed by atoms with Crippen molar-refractivity contribution in [1.29, 1.82) is 0 Å². The molecule has 2 heterocycles. The van der Waals surface area contributed by atoms with Gasteiger partial charge in [-0.15, -0.1) is 0 Å². The van der Waals surface area contributed by atoms with E-state index in [-0.39, 0.29) is 10.8 Å². The van der Waals surface area contributed by atoms with Crippen molar-refractivity contribution in [2.75, 3.05) is 0 Å². The molecule has 2 heteroatoms. The first kappa shape index (κ1) is 37.4. The molecule has 0 saturated carbocycles. The van der Waals surface area contributed by atoms with Crippen molar-refractivity contribution in [2.24, 2.45) is 0 Å². The lowest BCUT2D eigenvalue weighted by molar-refractivity contribution is 0.590. The van der Waals surface area contributed by atoms with Crippen LogP contribution in [-0.2, 0) is 10.8 Å². The summed E-state index contributed by atoms with van der Waals surface area (Å²) in [5.74, 6) is 0. The van der Waals surface area contributed by atoms with Crippen molar-refractivity contribution in [2.45, 2.75) is 52.4 Å². The molecule has 0 aliphatic heterocycles. The van der Waals surface area contributed by atoms with Gasteiger partial charge in [-0.1, -0.05) is 199 Å². The highest BCUT2D eigenvalue weighted by molar-refractivity contribution is 6.24. The second-order valence-electron chi connectivity index (χ2n) is 18.2. The topological polar surface area (TPSA) is 25.8 Å². The van der Waals surface area contributed by atoms with E-state index in [4.69, 9.17) is 9.97 Å². The number of hydrogen-bond acceptors (Lipinski definition) is 2. The summed E-state index contributed by atoms with van der Waals surface area (Å²) in [4.78, 5) is 11.5. The molecule has 0 atom stereocenters. The van der Waals surface area contributed by atoms with E-state index in [0.717, 1.165) is 88.5 Å². The molecular weight excluding hydrogens is 725 g/mol. The molecule has 0 radical (unpaired) electrons. The standard InChI is InChI=1S/C58H48N2/c1-57(2,3)43-29-25-39(26-30-43)51-35-47(37-17-9-7-10-18-37)49-33-41-21-13-15-23-45(41)53(55(49)59-51)54-46-24-16-14-22-42(46)34-50-48(38-19-11-8-12-20-38)36-52(60-56(50)54)40-27-31-44(32-28-40)58(4,5)6/h7-36H,1-6H3. The molecule has 10 aromatic rings. The molecular formula is C58H48N2. The summed E-state index contributed by atoms with van der Waals surface area (Å²) >= 11 is 0. The van der Waals surface area contributed by atoms with E-state index >= 15 is 0 Å². The molecule has 2 aromatic heterocycles. The van der Waals surface area contributed by atoms with Crippen molar-refractivity contribution in [3.8, 4) is 55.9 Å². The van der Waals surface area contributed by atoms with Gasteiger partial charge < -0.3 is 0 Å². The predicted octanol–water partition coefficient (Wildman–Crippen LogP) is 16.0. The van der Waals surface area contributed by atoms with Crippen LogP contribution in [0, 0.1) is 0 Å². The Bertz CT molecular complexity index is 3000. The van der Waals surface area contributed by atoms with E-state index in [0.29, 0.717) is 0 Å². The van der Waals surface area contributed by atoms with Crippen LogP contribution in [0.5, 0.6) is 0 Å². The van der Waals surface area contributed by atoms with Crippen molar-refractivity contribution < 1.29 is 0 Å². The third kappa shape index (κ3) is 6.63. The second-order valence-corrected chi connectivity index (χ2v) is 18.2. The van der Waals surface area contributed by atoms with Gasteiger partial charge >= 0.3 is 0 Å². The van der Waals surface area contributed by atoms with Crippen LogP contribution in [0.3, 0.4) is 0 Å². The van der Waals surface area contributed by atoms with E-state index in [9.17, 15) is 0 Å². The summed E-state index contributed by atoms with van der Waals surface area (Å²) in [6, 6.07) is 66.4. The summed E-state index contributed by atoms with van der Waals surface area (Å²) in [6.45, 7) is 13.6. The van der Waals surface area contributed by atoms with Gasteiger partial charge in [0, 0.05) is 33.0 Å². The minimum Gasteiger partial charge on any atom is -0.247 e. The lowest BCUT2D eigenvalue weighted by Gasteiger charge is -2.21. The number of hydrogen-bond donors (Lipinski definition) is 0. The summed E-state index contributed by atoms with van der Waals surface area (Å²) in [5, 5.41) is 6.86. The lowest BCUT2D eigenvalue weighted by atomic mass is 9.85. The monoisotopic (exact) mass is 772 g/mol. The Labute approximate surface area is 353 Å². The summed E-state index contributed by atoms with van der Waals surface area (Å²) < 4.78 is 0. The number of benzene rings is 8. The lowest BCUT2D eigenvalue weighted by Crippen LogP contribution is -2.10. The molecule has 10 rings (SSSR count). The SMILES string of the molecule is CC(C)(C)c1ccc(-c2cc(-c3ccccc3)c3cc4ccccc4c(-c4c5ccccc5cc5c(-c6ccccc6)cc(-c6ccc(C(C)(C)C)cc6)nc45)c3n2)cc1. The van der Waals surface area contributed by atoms with Gasteiger partial charge in [0.25, 0.3) is 0 Å². The average Bonchev–Trinajstić information content (AvgIpc) is 3.27. The highest BCUT2D eigenvalue weighted by atomic mass is 14.7. The van der Waals surface area contributed by atoms with Crippen LogP contribution in [0.25, 0.3) is 99.2 Å². The largest absolute Gasteiger partial charge is 0.247 e. The van der Waals surface area contributed by atoms with Gasteiger partial charge in [-0.2, -0.15) is 0 Å². The maximum absolute atomic E-state index is 5.73. The molecule has 0 N–H and O–H groups in total. The molecule has 290 valence electrons. The maximum Gasteiger partial charge on any atom is 0.0801 e. The van der Waals surface area contributed by atoms with Crippen molar-refractivity contribution in [3.63, 3.8) is 0 Å². The van der Waals surface area contributed by atoms with Gasteiger partial charge in [-0.05, 0) is 90.0 Å². The number of pyridine rings is 2. The minimum absolute atomic E-state index is 0.0468. The Kier molecular flexibility index (Phi) is 8.99. The second kappa shape index (κ2) is 14.4. The molecule has 0 aliphatic carbocycles. The van der Waals surface area contributed by atoms with Gasteiger partial charge in [-0.3, -0.25) is 0 Å². The maximum atomic E-state index is 5.73. The predicted molar refractivity (Wildman–Crippen MR) is 257 cm³/mol. The Morgan fingerprint density at radius 1 is 0.317 bits per heavy atom. The fraction of sp³-hybridized carbons (Fsp3) is 0.138. The first-order valence-electron chi connectivity index (χ1n) is 21.1. The molecule has 60 heavy (non-hydrogen) atoms. The summed E-state index contributed by atoms with van der Waals surface area (Å²) in [7, 11) is 0. The summed E-state index contributed by atoms with van der Waals surface area (Å²) in [5.41, 5.74) is 15.5. The number of nitrogens with zero attached hydrogens (tertiary/aromatic N) is 2. The van der Waals surface area contributed by atoms with Crippen LogP contribution in [0.4, 0.5) is 0 Å². The third-order valence-corrected chi connectivity index (χ3v) is 12.2. The molecule has 8 aromatic carbocycles. The normalized spacial score (nSPS) is 12.2. The molecule has 0 fully saturated rings. The fourth-order valence-corrected chi connectivity index (χ4v) is 8.85. The smallest absolute Gasteiger partial charge is 0.0801 e. The van der Waals surface area contributed by atoms with Crippen LogP contribution in [-0.4, -0.2) is 9.97 Å². The van der Waals surface area contributed by atoms with Crippen LogP contribution in [0.1, 0.15) is 52.7 Å². The number of fused-ring (bicyclic) bond motifs is 4. The van der Waals surface area contributed by atoms with E-state index in [1.54, 1.807) is 0 Å². The third-order valence-electron chi connectivity index (χ3n) is 12.2. The Morgan fingerprint density at radius 3 is 1.03 bits per heavy atom.